The first-order chi connectivity index (χ1) is 5.59. The Morgan fingerprint density at radius 3 is 2.75 bits per heavy atom. The molecule has 0 atom stereocenters. The van der Waals surface area contributed by atoms with Gasteiger partial charge in [-0.1, -0.05) is 17.7 Å². The Labute approximate surface area is 88.7 Å². The zero-order valence-electron chi connectivity index (χ0n) is 6.05. The van der Waals surface area contributed by atoms with E-state index in [1.165, 1.54) is 0 Å². The minimum absolute atomic E-state index is 0.0488. The van der Waals surface area contributed by atoms with Crippen LogP contribution in [0.4, 0.5) is 0 Å². The number of benzene rings is 1. The van der Waals surface area contributed by atoms with Crippen molar-refractivity contribution in [3.63, 3.8) is 0 Å². The topological polar surface area (TPSA) is 37.3 Å². The van der Waals surface area contributed by atoms with Gasteiger partial charge in [0.05, 0.1) is 11.4 Å². The summed E-state index contributed by atoms with van der Waals surface area (Å²) in [6, 6.07) is 5.21. The molecule has 0 heterocycles. The van der Waals surface area contributed by atoms with Crippen LogP contribution in [0.25, 0.3) is 0 Å². The van der Waals surface area contributed by atoms with Crippen LogP contribution in [0.2, 0.25) is 5.02 Å². The molecular weight excluding hydrogens is 290 g/mol. The summed E-state index contributed by atoms with van der Waals surface area (Å²) in [5.41, 5.74) is 0.774. The van der Waals surface area contributed by atoms with Crippen molar-refractivity contribution in [2.45, 2.75) is 6.42 Å². The lowest BCUT2D eigenvalue weighted by atomic mass is 10.2. The number of carbonyl (C=O) groups is 1. The first-order valence-corrected chi connectivity index (χ1v) is 4.71. The Bertz CT molecular complexity index is 312. The first kappa shape index (κ1) is 9.80. The number of halogens is 2. The van der Waals surface area contributed by atoms with E-state index in [4.69, 9.17) is 16.7 Å². The van der Waals surface area contributed by atoms with E-state index < -0.39 is 5.97 Å². The van der Waals surface area contributed by atoms with Crippen LogP contribution in [0.15, 0.2) is 18.2 Å². The second kappa shape index (κ2) is 4.09. The van der Waals surface area contributed by atoms with Gasteiger partial charge in [-0.05, 0) is 40.3 Å². The van der Waals surface area contributed by atoms with Crippen molar-refractivity contribution < 1.29 is 9.90 Å². The van der Waals surface area contributed by atoms with E-state index in [1.54, 1.807) is 18.2 Å². The molecule has 0 unspecified atom stereocenters. The molecule has 4 heteroatoms. The predicted molar refractivity (Wildman–Crippen MR) is 55.5 cm³/mol. The van der Waals surface area contributed by atoms with Crippen LogP contribution in [0.5, 0.6) is 0 Å². The third-order valence-corrected chi connectivity index (χ3v) is 2.88. The number of rotatable bonds is 2. The van der Waals surface area contributed by atoms with Gasteiger partial charge in [-0.3, -0.25) is 4.79 Å². The lowest BCUT2D eigenvalue weighted by Gasteiger charge is -1.99. The number of aliphatic carboxylic acids is 1. The number of carboxylic acids is 1. The van der Waals surface area contributed by atoms with E-state index >= 15 is 0 Å². The number of hydrogen-bond acceptors (Lipinski definition) is 1. The van der Waals surface area contributed by atoms with Crippen LogP contribution >= 0.6 is 34.2 Å². The van der Waals surface area contributed by atoms with Crippen molar-refractivity contribution in [1.29, 1.82) is 0 Å². The summed E-state index contributed by atoms with van der Waals surface area (Å²) >= 11 is 7.83. The molecule has 0 saturated heterocycles. The van der Waals surface area contributed by atoms with Gasteiger partial charge in [-0.25, -0.2) is 0 Å². The summed E-state index contributed by atoms with van der Waals surface area (Å²) in [6.45, 7) is 0. The van der Waals surface area contributed by atoms with Gasteiger partial charge in [0.1, 0.15) is 0 Å². The Hall–Kier alpha value is -0.290. The molecule has 64 valence electrons. The highest BCUT2D eigenvalue weighted by atomic mass is 127. The lowest BCUT2D eigenvalue weighted by molar-refractivity contribution is -0.136. The van der Waals surface area contributed by atoms with E-state index in [-0.39, 0.29) is 6.42 Å². The van der Waals surface area contributed by atoms with Crippen molar-refractivity contribution in [2.24, 2.45) is 0 Å². The highest BCUT2D eigenvalue weighted by molar-refractivity contribution is 14.1. The average molecular weight is 296 g/mol. The smallest absolute Gasteiger partial charge is 0.307 e. The van der Waals surface area contributed by atoms with Crippen molar-refractivity contribution >= 4 is 40.2 Å². The fourth-order valence-corrected chi connectivity index (χ4v) is 1.52. The van der Waals surface area contributed by atoms with E-state index in [9.17, 15) is 4.79 Å². The zero-order chi connectivity index (χ0) is 9.14. The van der Waals surface area contributed by atoms with Gasteiger partial charge in [0.15, 0.2) is 0 Å². The molecule has 0 spiro atoms. The van der Waals surface area contributed by atoms with Crippen molar-refractivity contribution in [3.8, 4) is 0 Å². The summed E-state index contributed by atoms with van der Waals surface area (Å²) in [7, 11) is 0. The quantitative estimate of drug-likeness (QED) is 0.852. The Morgan fingerprint density at radius 1 is 1.58 bits per heavy atom. The van der Waals surface area contributed by atoms with E-state index in [2.05, 4.69) is 22.6 Å². The van der Waals surface area contributed by atoms with Gasteiger partial charge in [-0.15, -0.1) is 0 Å². The summed E-state index contributed by atoms with van der Waals surface area (Å²) in [5.74, 6) is -0.826. The minimum Gasteiger partial charge on any atom is -0.481 e. The number of carboxylic acid groups (broad SMARTS) is 1. The SMILES string of the molecule is O=C(O)Cc1ccc(Cl)c(I)c1. The van der Waals surface area contributed by atoms with E-state index in [0.29, 0.717) is 5.02 Å². The first-order valence-electron chi connectivity index (χ1n) is 3.25. The Morgan fingerprint density at radius 2 is 2.25 bits per heavy atom. The molecule has 0 radical (unpaired) electrons. The monoisotopic (exact) mass is 296 g/mol. The molecule has 1 rings (SSSR count). The van der Waals surface area contributed by atoms with E-state index in [0.717, 1.165) is 9.13 Å². The van der Waals surface area contributed by atoms with Crippen LogP contribution in [0.1, 0.15) is 5.56 Å². The Kier molecular flexibility index (Phi) is 3.34. The highest BCUT2D eigenvalue weighted by Crippen LogP contribution is 2.19. The normalized spacial score (nSPS) is 9.83. The Balaban J connectivity index is 2.89. The van der Waals surface area contributed by atoms with Gasteiger partial charge in [0.25, 0.3) is 0 Å². The minimum atomic E-state index is -0.826. The van der Waals surface area contributed by atoms with Gasteiger partial charge < -0.3 is 5.11 Å². The molecule has 1 aromatic carbocycles. The molecule has 0 fully saturated rings. The van der Waals surface area contributed by atoms with Crippen LogP contribution in [-0.4, -0.2) is 11.1 Å². The van der Waals surface area contributed by atoms with Gasteiger partial charge in [-0.2, -0.15) is 0 Å². The number of hydrogen-bond donors (Lipinski definition) is 1. The lowest BCUT2D eigenvalue weighted by Crippen LogP contribution is -1.99. The molecule has 1 aromatic rings. The third kappa shape index (κ3) is 2.64. The summed E-state index contributed by atoms with van der Waals surface area (Å²) in [4.78, 5) is 10.3. The second-order valence-electron chi connectivity index (χ2n) is 2.32. The van der Waals surface area contributed by atoms with Gasteiger partial charge in [0, 0.05) is 3.57 Å². The van der Waals surface area contributed by atoms with Crippen molar-refractivity contribution in [1.82, 2.24) is 0 Å². The molecule has 0 saturated carbocycles. The molecule has 2 nitrogen and oxygen atoms in total. The molecule has 0 aliphatic rings. The van der Waals surface area contributed by atoms with Gasteiger partial charge >= 0.3 is 5.97 Å². The molecule has 0 aromatic heterocycles. The van der Waals surface area contributed by atoms with Crippen LogP contribution < -0.4 is 0 Å². The third-order valence-electron chi connectivity index (χ3n) is 1.34. The summed E-state index contributed by atoms with van der Waals surface area (Å²) in [5, 5.41) is 9.15. The maximum atomic E-state index is 10.3. The van der Waals surface area contributed by atoms with Crippen LogP contribution in [0.3, 0.4) is 0 Å². The fourth-order valence-electron chi connectivity index (χ4n) is 0.824. The molecule has 0 aliphatic heterocycles. The van der Waals surface area contributed by atoms with Gasteiger partial charge in [0.2, 0.25) is 0 Å². The molecule has 0 aliphatic carbocycles. The standard InChI is InChI=1S/C8H6ClIO2/c9-6-2-1-5(3-7(6)10)4-8(11)12/h1-3H,4H2,(H,11,12). The molecule has 12 heavy (non-hydrogen) atoms. The second-order valence-corrected chi connectivity index (χ2v) is 3.89. The maximum absolute atomic E-state index is 10.3. The molecule has 0 bridgehead atoms. The zero-order valence-corrected chi connectivity index (χ0v) is 8.96. The predicted octanol–water partition coefficient (Wildman–Crippen LogP) is 2.57. The summed E-state index contributed by atoms with van der Waals surface area (Å²) < 4.78 is 0.882. The van der Waals surface area contributed by atoms with Crippen molar-refractivity contribution in [3.05, 3.63) is 32.4 Å². The fraction of sp³-hybridized carbons (Fsp3) is 0.125. The molecule has 1 N–H and O–H groups in total. The van der Waals surface area contributed by atoms with Crippen LogP contribution in [0, 0.1) is 3.57 Å². The largest absolute Gasteiger partial charge is 0.481 e. The maximum Gasteiger partial charge on any atom is 0.307 e. The highest BCUT2D eigenvalue weighted by Gasteiger charge is 2.02. The average Bonchev–Trinajstić information content (AvgIpc) is 1.96. The van der Waals surface area contributed by atoms with E-state index in [1.807, 2.05) is 0 Å². The molecular formula is C8H6ClIO2. The van der Waals surface area contributed by atoms with Crippen molar-refractivity contribution in [2.75, 3.05) is 0 Å². The summed E-state index contributed by atoms with van der Waals surface area (Å²) in [6.07, 6.45) is 0.0488. The van der Waals surface area contributed by atoms with Crippen LogP contribution in [-0.2, 0) is 11.2 Å². The molecule has 0 amide bonds.